The number of nitrogen functional groups attached to an aromatic ring is 1. The molecule has 0 aliphatic rings. The van der Waals surface area contributed by atoms with Crippen molar-refractivity contribution in [2.75, 3.05) is 11.2 Å². The first kappa shape index (κ1) is 19.3. The van der Waals surface area contributed by atoms with Crippen molar-refractivity contribution in [3.05, 3.63) is 74.0 Å². The van der Waals surface area contributed by atoms with Crippen LogP contribution in [0.1, 0.15) is 22.3 Å². The largest absolute Gasteiger partial charge is 0.334 e. The number of aromatic nitrogens is 3. The molecule has 0 fully saturated rings. The highest BCUT2D eigenvalue weighted by atomic mass is 35.5. The molecule has 1 aromatic heterocycles. The third kappa shape index (κ3) is 4.43. The molecule has 0 radical (unpaired) electrons. The Morgan fingerprint density at radius 2 is 1.74 bits per heavy atom. The van der Waals surface area contributed by atoms with Crippen molar-refractivity contribution in [3.8, 4) is 0 Å². The predicted molar refractivity (Wildman–Crippen MR) is 111 cm³/mol. The Labute approximate surface area is 166 Å². The van der Waals surface area contributed by atoms with Gasteiger partial charge in [-0.25, -0.2) is 0 Å². The molecule has 0 bridgehead atoms. The molecule has 0 aliphatic carbocycles. The first-order chi connectivity index (χ1) is 12.8. The number of thioether (sulfide) groups is 1. The summed E-state index contributed by atoms with van der Waals surface area (Å²) in [4.78, 5) is 12.6. The predicted octanol–water partition coefficient (Wildman–Crippen LogP) is 3.97. The van der Waals surface area contributed by atoms with Gasteiger partial charge in [0.2, 0.25) is 11.0 Å². The Balaban J connectivity index is 1.81. The van der Waals surface area contributed by atoms with E-state index in [2.05, 4.69) is 15.5 Å². The number of nitrogens with one attached hydrogen (secondary N) is 1. The molecule has 27 heavy (non-hydrogen) atoms. The summed E-state index contributed by atoms with van der Waals surface area (Å²) in [5.74, 6) is 6.65. The van der Waals surface area contributed by atoms with Crippen molar-refractivity contribution < 1.29 is 0 Å². The Kier molecular flexibility index (Phi) is 5.72. The quantitative estimate of drug-likeness (QED) is 0.497. The number of nitrogens with zero attached hydrogens (tertiary/aromatic N) is 3. The van der Waals surface area contributed by atoms with Gasteiger partial charge >= 0.3 is 5.56 Å². The van der Waals surface area contributed by atoms with E-state index < -0.39 is 5.56 Å². The minimum atomic E-state index is -0.428. The zero-order valence-corrected chi connectivity index (χ0v) is 16.9. The normalized spacial score (nSPS) is 10.8. The first-order valence-corrected chi connectivity index (χ1v) is 9.68. The van der Waals surface area contributed by atoms with Crippen LogP contribution >= 0.6 is 23.4 Å². The standard InChI is InChI=1S/C19H20ClN5OS/c1-11-8-12(2)16(13(3)9-11)22-17-18(26)25(21)19(24-23-17)27-10-14-4-6-15(20)7-5-14/h4-9H,10,21H2,1-3H3,(H,22,23). The highest BCUT2D eigenvalue weighted by molar-refractivity contribution is 7.98. The van der Waals surface area contributed by atoms with Crippen molar-refractivity contribution in [2.24, 2.45) is 0 Å². The SMILES string of the molecule is Cc1cc(C)c(Nc2nnc(SCc3ccc(Cl)cc3)n(N)c2=O)c(C)c1. The summed E-state index contributed by atoms with van der Waals surface area (Å²) in [6.45, 7) is 5.99. The van der Waals surface area contributed by atoms with Gasteiger partial charge in [-0.1, -0.05) is 53.2 Å². The lowest BCUT2D eigenvalue weighted by Crippen LogP contribution is -2.32. The van der Waals surface area contributed by atoms with Crippen molar-refractivity contribution in [3.63, 3.8) is 0 Å². The van der Waals surface area contributed by atoms with E-state index in [1.54, 1.807) is 0 Å². The second kappa shape index (κ2) is 8.02. The average Bonchev–Trinajstić information content (AvgIpc) is 2.62. The minimum absolute atomic E-state index is 0.100. The molecule has 2 aromatic carbocycles. The van der Waals surface area contributed by atoms with Gasteiger partial charge in [-0.05, 0) is 49.6 Å². The Morgan fingerprint density at radius 3 is 2.37 bits per heavy atom. The summed E-state index contributed by atoms with van der Waals surface area (Å²) in [6.07, 6.45) is 0. The molecule has 1 heterocycles. The van der Waals surface area contributed by atoms with Crippen molar-refractivity contribution in [1.82, 2.24) is 14.9 Å². The van der Waals surface area contributed by atoms with Crippen LogP contribution in [-0.2, 0) is 5.75 Å². The van der Waals surface area contributed by atoms with Gasteiger partial charge in [0.15, 0.2) is 0 Å². The van der Waals surface area contributed by atoms with E-state index in [-0.39, 0.29) is 5.82 Å². The second-order valence-corrected chi connectivity index (χ2v) is 7.70. The third-order valence-electron chi connectivity index (χ3n) is 4.06. The van der Waals surface area contributed by atoms with Gasteiger partial charge in [0, 0.05) is 16.5 Å². The van der Waals surface area contributed by atoms with E-state index in [9.17, 15) is 4.79 Å². The molecule has 3 rings (SSSR count). The lowest BCUT2D eigenvalue weighted by molar-refractivity contribution is 0.704. The zero-order valence-electron chi connectivity index (χ0n) is 15.3. The highest BCUT2D eigenvalue weighted by Crippen LogP contribution is 2.24. The lowest BCUT2D eigenvalue weighted by atomic mass is 10.1. The van der Waals surface area contributed by atoms with Crippen LogP contribution in [0.5, 0.6) is 0 Å². The number of hydrogen-bond donors (Lipinski definition) is 2. The van der Waals surface area contributed by atoms with Gasteiger partial charge in [0.25, 0.3) is 0 Å². The highest BCUT2D eigenvalue weighted by Gasteiger charge is 2.13. The fourth-order valence-corrected chi connectivity index (χ4v) is 3.72. The maximum absolute atomic E-state index is 12.6. The first-order valence-electron chi connectivity index (χ1n) is 8.32. The Bertz CT molecular complexity index is 1010. The summed E-state index contributed by atoms with van der Waals surface area (Å²) in [5, 5.41) is 12.3. The number of anilines is 2. The molecule has 6 nitrogen and oxygen atoms in total. The van der Waals surface area contributed by atoms with E-state index in [1.165, 1.54) is 11.8 Å². The van der Waals surface area contributed by atoms with Crippen molar-refractivity contribution in [1.29, 1.82) is 0 Å². The van der Waals surface area contributed by atoms with E-state index in [0.29, 0.717) is 15.9 Å². The van der Waals surface area contributed by atoms with E-state index in [1.807, 2.05) is 57.2 Å². The molecule has 0 aliphatic heterocycles. The van der Waals surface area contributed by atoms with Crippen LogP contribution in [0.15, 0.2) is 46.3 Å². The Hall–Kier alpha value is -2.51. The maximum atomic E-state index is 12.6. The van der Waals surface area contributed by atoms with Gasteiger partial charge in [-0.15, -0.1) is 10.2 Å². The molecule has 0 saturated heterocycles. The molecule has 0 amide bonds. The second-order valence-electron chi connectivity index (χ2n) is 6.32. The van der Waals surface area contributed by atoms with Crippen LogP contribution in [0.4, 0.5) is 11.5 Å². The van der Waals surface area contributed by atoms with Gasteiger partial charge in [0.1, 0.15) is 0 Å². The lowest BCUT2D eigenvalue weighted by Gasteiger charge is -2.13. The topological polar surface area (TPSA) is 85.8 Å². The summed E-state index contributed by atoms with van der Waals surface area (Å²) >= 11 is 7.22. The minimum Gasteiger partial charge on any atom is -0.334 e. The van der Waals surface area contributed by atoms with E-state index in [4.69, 9.17) is 17.4 Å². The molecule has 140 valence electrons. The van der Waals surface area contributed by atoms with Gasteiger partial charge in [-0.2, -0.15) is 4.68 Å². The number of hydrogen-bond acceptors (Lipinski definition) is 6. The molecular weight excluding hydrogens is 382 g/mol. The number of halogens is 1. The van der Waals surface area contributed by atoms with Gasteiger partial charge in [0.05, 0.1) is 0 Å². The maximum Gasteiger partial charge on any atom is 0.315 e. The molecule has 3 aromatic rings. The van der Waals surface area contributed by atoms with Crippen LogP contribution in [-0.4, -0.2) is 14.9 Å². The number of aryl methyl sites for hydroxylation is 3. The summed E-state index contributed by atoms with van der Waals surface area (Å²) in [5.41, 5.74) is 4.67. The van der Waals surface area contributed by atoms with Gasteiger partial charge in [-0.3, -0.25) is 4.79 Å². The molecule has 0 unspecified atom stereocenters. The van der Waals surface area contributed by atoms with Crippen LogP contribution in [0.3, 0.4) is 0 Å². The van der Waals surface area contributed by atoms with E-state index in [0.717, 1.165) is 32.6 Å². The third-order valence-corrected chi connectivity index (χ3v) is 5.33. The van der Waals surface area contributed by atoms with Crippen LogP contribution in [0.25, 0.3) is 0 Å². The molecule has 0 atom stereocenters. The summed E-state index contributed by atoms with van der Waals surface area (Å²) < 4.78 is 1.02. The van der Waals surface area contributed by atoms with Crippen LogP contribution in [0, 0.1) is 20.8 Å². The van der Waals surface area contributed by atoms with Crippen molar-refractivity contribution >= 4 is 34.9 Å². The molecule has 3 N–H and O–H groups in total. The number of benzene rings is 2. The zero-order chi connectivity index (χ0) is 19.6. The molecule has 0 saturated carbocycles. The molecule has 0 spiro atoms. The van der Waals surface area contributed by atoms with E-state index >= 15 is 0 Å². The average molecular weight is 402 g/mol. The summed E-state index contributed by atoms with van der Waals surface area (Å²) in [6, 6.07) is 11.6. The van der Waals surface area contributed by atoms with Gasteiger partial charge < -0.3 is 11.2 Å². The molecular formula is C19H20ClN5OS. The smallest absolute Gasteiger partial charge is 0.315 e. The molecule has 8 heteroatoms. The monoisotopic (exact) mass is 401 g/mol. The van der Waals surface area contributed by atoms with Crippen molar-refractivity contribution in [2.45, 2.75) is 31.7 Å². The van der Waals surface area contributed by atoms with Crippen LogP contribution in [0.2, 0.25) is 5.02 Å². The fourth-order valence-electron chi connectivity index (χ4n) is 2.79. The summed E-state index contributed by atoms with van der Waals surface area (Å²) in [7, 11) is 0. The van der Waals surface area contributed by atoms with Crippen LogP contribution < -0.4 is 16.7 Å². The number of nitrogens with two attached hydrogens (primary N) is 1. The Morgan fingerprint density at radius 1 is 1.11 bits per heavy atom. The fraction of sp³-hybridized carbons (Fsp3) is 0.211. The number of rotatable bonds is 5.